The van der Waals surface area contributed by atoms with Gasteiger partial charge in [0.1, 0.15) is 11.9 Å². The Morgan fingerprint density at radius 1 is 1.00 bits per heavy atom. The van der Waals surface area contributed by atoms with Crippen molar-refractivity contribution in [3.05, 3.63) is 71.5 Å². The van der Waals surface area contributed by atoms with Crippen LogP contribution in [-0.4, -0.2) is 23.9 Å². The first kappa shape index (κ1) is 16.7. The van der Waals surface area contributed by atoms with Crippen LogP contribution in [0.4, 0.5) is 4.39 Å². The minimum Gasteiger partial charge on any atom is -0.341 e. The lowest BCUT2D eigenvalue weighted by Gasteiger charge is -2.31. The predicted molar refractivity (Wildman–Crippen MR) is 92.9 cm³/mol. The minimum absolute atomic E-state index is 0.128. The fraction of sp³-hybridized carbons (Fsp3) is 0.350. The number of rotatable bonds is 5. The van der Waals surface area contributed by atoms with E-state index in [2.05, 4.69) is 5.32 Å². The van der Waals surface area contributed by atoms with Gasteiger partial charge < -0.3 is 4.90 Å². The van der Waals surface area contributed by atoms with E-state index >= 15 is 0 Å². The number of carbonyl (C=O) groups is 1. The normalized spacial score (nSPS) is 16.0. The van der Waals surface area contributed by atoms with Gasteiger partial charge in [-0.1, -0.05) is 42.5 Å². The predicted octanol–water partition coefficient (Wildman–Crippen LogP) is 3.67. The zero-order valence-electron chi connectivity index (χ0n) is 13.7. The summed E-state index contributed by atoms with van der Waals surface area (Å²) in [5.74, 6) is -0.120. The number of likely N-dealkylation sites (tertiary alicyclic amines) is 1. The van der Waals surface area contributed by atoms with Crippen LogP contribution in [0.25, 0.3) is 0 Å². The molecule has 1 unspecified atom stereocenters. The van der Waals surface area contributed by atoms with Crippen LogP contribution in [0, 0.1) is 5.82 Å². The molecular weight excluding hydrogens is 303 g/mol. The van der Waals surface area contributed by atoms with Crippen LogP contribution in [0.5, 0.6) is 0 Å². The van der Waals surface area contributed by atoms with Gasteiger partial charge >= 0.3 is 0 Å². The Kier molecular flexibility index (Phi) is 5.59. The van der Waals surface area contributed by atoms with E-state index in [1.165, 1.54) is 18.6 Å². The van der Waals surface area contributed by atoms with Crippen molar-refractivity contribution < 1.29 is 9.18 Å². The first-order valence-electron chi connectivity index (χ1n) is 8.55. The first-order valence-corrected chi connectivity index (χ1v) is 8.55. The molecule has 0 saturated carbocycles. The van der Waals surface area contributed by atoms with Crippen LogP contribution in [0.2, 0.25) is 0 Å². The molecule has 0 aromatic heterocycles. The first-order chi connectivity index (χ1) is 11.7. The zero-order valence-corrected chi connectivity index (χ0v) is 13.7. The molecule has 24 heavy (non-hydrogen) atoms. The van der Waals surface area contributed by atoms with Gasteiger partial charge in [-0.25, -0.2) is 4.39 Å². The van der Waals surface area contributed by atoms with Gasteiger partial charge in [0, 0.05) is 19.6 Å². The van der Waals surface area contributed by atoms with Crippen LogP contribution >= 0.6 is 0 Å². The van der Waals surface area contributed by atoms with Crippen molar-refractivity contribution >= 4 is 5.91 Å². The smallest absolute Gasteiger partial charge is 0.244 e. The standard InChI is InChI=1S/C20H23FN2O/c21-18-11-9-16(10-12-18)15-22-19(17-7-3-1-4-8-17)20(24)23-13-5-2-6-14-23/h1,3-4,7-12,19,22H,2,5-6,13-15H2. The fourth-order valence-corrected chi connectivity index (χ4v) is 3.11. The molecule has 126 valence electrons. The molecule has 1 aliphatic heterocycles. The Balaban J connectivity index is 1.74. The molecular formula is C20H23FN2O. The SMILES string of the molecule is O=C(C(NCc1ccc(F)cc1)c1ccccc1)N1CCCCC1. The van der Waals surface area contributed by atoms with Crippen molar-refractivity contribution in [1.29, 1.82) is 0 Å². The lowest BCUT2D eigenvalue weighted by atomic mass is 10.0. The summed E-state index contributed by atoms with van der Waals surface area (Å²) in [7, 11) is 0. The van der Waals surface area contributed by atoms with Crippen LogP contribution in [0.3, 0.4) is 0 Å². The highest BCUT2D eigenvalue weighted by Gasteiger charge is 2.26. The van der Waals surface area contributed by atoms with Gasteiger partial charge in [-0.3, -0.25) is 10.1 Å². The molecule has 1 saturated heterocycles. The highest BCUT2D eigenvalue weighted by Crippen LogP contribution is 2.20. The summed E-state index contributed by atoms with van der Waals surface area (Å²) < 4.78 is 13.0. The Morgan fingerprint density at radius 2 is 1.67 bits per heavy atom. The molecule has 1 fully saturated rings. The van der Waals surface area contributed by atoms with Gasteiger partial charge in [0.2, 0.25) is 5.91 Å². The summed E-state index contributed by atoms with van der Waals surface area (Å²) in [4.78, 5) is 14.9. The van der Waals surface area contributed by atoms with Gasteiger partial charge in [0.25, 0.3) is 0 Å². The number of hydrogen-bond donors (Lipinski definition) is 1. The third-order valence-electron chi connectivity index (χ3n) is 4.47. The summed E-state index contributed by atoms with van der Waals surface area (Å²) in [5.41, 5.74) is 1.93. The third-order valence-corrected chi connectivity index (χ3v) is 4.47. The van der Waals surface area contributed by atoms with Crippen LogP contribution in [-0.2, 0) is 11.3 Å². The Labute approximate surface area is 142 Å². The number of nitrogens with zero attached hydrogens (tertiary/aromatic N) is 1. The molecule has 4 heteroatoms. The lowest BCUT2D eigenvalue weighted by molar-refractivity contribution is -0.134. The lowest BCUT2D eigenvalue weighted by Crippen LogP contribution is -2.43. The van der Waals surface area contributed by atoms with E-state index in [1.807, 2.05) is 35.2 Å². The van der Waals surface area contributed by atoms with Crippen LogP contribution < -0.4 is 5.32 Å². The maximum absolute atomic E-state index is 13.0. The number of carbonyl (C=O) groups excluding carboxylic acids is 1. The van der Waals surface area contributed by atoms with Gasteiger partial charge in [-0.15, -0.1) is 0 Å². The van der Waals surface area contributed by atoms with E-state index in [0.717, 1.165) is 37.1 Å². The molecule has 1 atom stereocenters. The average Bonchev–Trinajstić information content (AvgIpc) is 2.65. The zero-order chi connectivity index (χ0) is 16.8. The molecule has 0 aliphatic carbocycles. The topological polar surface area (TPSA) is 32.3 Å². The number of nitrogens with one attached hydrogen (secondary N) is 1. The summed E-state index contributed by atoms with van der Waals surface area (Å²) in [6.07, 6.45) is 3.35. The maximum atomic E-state index is 13.0. The van der Waals surface area contributed by atoms with Crippen molar-refractivity contribution in [3.63, 3.8) is 0 Å². The molecule has 2 aromatic carbocycles. The second-order valence-corrected chi connectivity index (χ2v) is 6.24. The van der Waals surface area contributed by atoms with Crippen molar-refractivity contribution in [3.8, 4) is 0 Å². The number of piperidine rings is 1. The molecule has 0 spiro atoms. The van der Waals surface area contributed by atoms with Gasteiger partial charge in [0.15, 0.2) is 0 Å². The number of benzene rings is 2. The monoisotopic (exact) mass is 326 g/mol. The van der Waals surface area contributed by atoms with Crippen molar-refractivity contribution in [1.82, 2.24) is 10.2 Å². The Hall–Kier alpha value is -2.20. The molecule has 2 aromatic rings. The Bertz CT molecular complexity index is 651. The largest absolute Gasteiger partial charge is 0.341 e. The minimum atomic E-state index is -0.366. The van der Waals surface area contributed by atoms with Gasteiger partial charge in [0.05, 0.1) is 0 Å². The fourth-order valence-electron chi connectivity index (χ4n) is 3.11. The molecule has 1 aliphatic rings. The average molecular weight is 326 g/mol. The summed E-state index contributed by atoms with van der Waals surface area (Å²) in [6.45, 7) is 2.19. The molecule has 0 bridgehead atoms. The molecule has 1 heterocycles. The third kappa shape index (κ3) is 4.20. The molecule has 0 radical (unpaired) electrons. The van der Waals surface area contributed by atoms with Crippen molar-refractivity contribution in [2.24, 2.45) is 0 Å². The summed E-state index contributed by atoms with van der Waals surface area (Å²) in [6, 6.07) is 15.8. The van der Waals surface area contributed by atoms with Crippen molar-refractivity contribution in [2.45, 2.75) is 31.8 Å². The Morgan fingerprint density at radius 3 is 2.33 bits per heavy atom. The van der Waals surface area contributed by atoms with Crippen LogP contribution in [0.1, 0.15) is 36.4 Å². The van der Waals surface area contributed by atoms with E-state index < -0.39 is 0 Å². The molecule has 1 amide bonds. The van der Waals surface area contributed by atoms with E-state index in [9.17, 15) is 9.18 Å². The van der Waals surface area contributed by atoms with Gasteiger partial charge in [-0.05, 0) is 42.5 Å². The van der Waals surface area contributed by atoms with Crippen molar-refractivity contribution in [2.75, 3.05) is 13.1 Å². The molecule has 3 rings (SSSR count). The summed E-state index contributed by atoms with van der Waals surface area (Å²) in [5, 5.41) is 3.36. The number of amides is 1. The van der Waals surface area contributed by atoms with E-state index in [-0.39, 0.29) is 17.8 Å². The van der Waals surface area contributed by atoms with E-state index in [1.54, 1.807) is 12.1 Å². The second-order valence-electron chi connectivity index (χ2n) is 6.24. The highest BCUT2D eigenvalue weighted by atomic mass is 19.1. The van der Waals surface area contributed by atoms with Crippen LogP contribution in [0.15, 0.2) is 54.6 Å². The maximum Gasteiger partial charge on any atom is 0.244 e. The van der Waals surface area contributed by atoms with Gasteiger partial charge in [-0.2, -0.15) is 0 Å². The van der Waals surface area contributed by atoms with E-state index in [0.29, 0.717) is 6.54 Å². The highest BCUT2D eigenvalue weighted by molar-refractivity contribution is 5.83. The number of hydrogen-bond acceptors (Lipinski definition) is 2. The summed E-state index contributed by atoms with van der Waals surface area (Å²) >= 11 is 0. The molecule has 3 nitrogen and oxygen atoms in total. The number of halogens is 1. The van der Waals surface area contributed by atoms with E-state index in [4.69, 9.17) is 0 Å². The second kappa shape index (κ2) is 8.06. The quantitative estimate of drug-likeness (QED) is 0.909. The molecule has 1 N–H and O–H groups in total.